The summed E-state index contributed by atoms with van der Waals surface area (Å²) in [5, 5.41) is 28.4. The predicted octanol–water partition coefficient (Wildman–Crippen LogP) is 2.99. The lowest BCUT2D eigenvalue weighted by atomic mass is 10.0. The molecule has 0 aromatic rings. The molecule has 5 heteroatoms. The van der Waals surface area contributed by atoms with E-state index in [9.17, 15) is 19.8 Å². The fourth-order valence-corrected chi connectivity index (χ4v) is 2.92. The molecule has 1 unspecified atom stereocenters. The summed E-state index contributed by atoms with van der Waals surface area (Å²) in [6, 6.07) is 0. The van der Waals surface area contributed by atoms with Crippen LogP contribution < -0.4 is 0 Å². The number of aliphatic hydroxyl groups excluding tert-OH is 2. The number of rotatable bonds is 11. The molecular weight excluding hydrogens is 320 g/mol. The fourth-order valence-electron chi connectivity index (χ4n) is 2.92. The number of carbonyl (C=O) groups excluding carboxylic acids is 1. The molecule has 0 saturated heterocycles. The van der Waals surface area contributed by atoms with Crippen LogP contribution in [0.1, 0.15) is 77.6 Å². The first-order chi connectivity index (χ1) is 12.0. The number of carboxylic acid groups (broad SMARTS) is 1. The third kappa shape index (κ3) is 8.33. The Hall–Kier alpha value is -1.64. The van der Waals surface area contributed by atoms with Crippen molar-refractivity contribution in [1.29, 1.82) is 0 Å². The molecule has 0 bridgehead atoms. The highest BCUT2D eigenvalue weighted by molar-refractivity contribution is 6.00. The Labute approximate surface area is 150 Å². The Morgan fingerprint density at radius 1 is 1.24 bits per heavy atom. The Kier molecular flexibility index (Phi) is 10.1. The molecule has 0 heterocycles. The molecule has 1 rings (SSSR count). The number of carbonyl (C=O) groups is 2. The van der Waals surface area contributed by atoms with E-state index in [1.54, 1.807) is 0 Å². The number of carboxylic acids is 1. The lowest BCUT2D eigenvalue weighted by Crippen LogP contribution is -2.06. The van der Waals surface area contributed by atoms with Crippen molar-refractivity contribution in [3.63, 3.8) is 0 Å². The summed E-state index contributed by atoms with van der Waals surface area (Å²) in [6.45, 7) is 2.07. The summed E-state index contributed by atoms with van der Waals surface area (Å²) in [4.78, 5) is 22.5. The molecule has 0 aliphatic heterocycles. The van der Waals surface area contributed by atoms with Gasteiger partial charge in [0.15, 0.2) is 5.78 Å². The lowest BCUT2D eigenvalue weighted by Gasteiger charge is -2.05. The van der Waals surface area contributed by atoms with Gasteiger partial charge < -0.3 is 15.3 Å². The van der Waals surface area contributed by atoms with Gasteiger partial charge in [-0.1, -0.05) is 44.4 Å². The third-order valence-corrected chi connectivity index (χ3v) is 4.39. The summed E-state index contributed by atoms with van der Waals surface area (Å²) in [7, 11) is 0. The highest BCUT2D eigenvalue weighted by Gasteiger charge is 2.29. The van der Waals surface area contributed by atoms with Gasteiger partial charge in [-0.05, 0) is 25.7 Å². The van der Waals surface area contributed by atoms with E-state index in [0.29, 0.717) is 30.4 Å². The molecule has 0 saturated carbocycles. The topological polar surface area (TPSA) is 94.8 Å². The van der Waals surface area contributed by atoms with E-state index in [2.05, 4.69) is 18.8 Å². The fraction of sp³-hybridized carbons (Fsp3) is 0.700. The van der Waals surface area contributed by atoms with Crippen LogP contribution in [0, 0.1) is 11.8 Å². The van der Waals surface area contributed by atoms with Gasteiger partial charge in [0.2, 0.25) is 0 Å². The van der Waals surface area contributed by atoms with Crippen LogP contribution >= 0.6 is 0 Å². The average Bonchev–Trinajstić information content (AvgIpc) is 2.82. The van der Waals surface area contributed by atoms with Crippen molar-refractivity contribution < 1.29 is 24.9 Å². The van der Waals surface area contributed by atoms with Gasteiger partial charge in [-0.25, -0.2) is 0 Å². The molecule has 2 atom stereocenters. The maximum atomic E-state index is 12.0. The van der Waals surface area contributed by atoms with Crippen LogP contribution in [-0.2, 0) is 9.59 Å². The van der Waals surface area contributed by atoms with Crippen LogP contribution in [-0.4, -0.2) is 39.3 Å². The summed E-state index contributed by atoms with van der Waals surface area (Å²) in [6.07, 6.45) is 5.73. The van der Waals surface area contributed by atoms with Crippen molar-refractivity contribution in [2.75, 3.05) is 0 Å². The molecule has 0 radical (unpaired) electrons. The van der Waals surface area contributed by atoms with Crippen LogP contribution in [0.5, 0.6) is 0 Å². The van der Waals surface area contributed by atoms with E-state index in [1.807, 2.05) is 0 Å². The number of hydrogen-bond donors (Lipinski definition) is 3. The second kappa shape index (κ2) is 11.8. The molecule has 140 valence electrons. The van der Waals surface area contributed by atoms with Crippen LogP contribution in [0.4, 0.5) is 0 Å². The Morgan fingerprint density at radius 3 is 2.64 bits per heavy atom. The van der Waals surface area contributed by atoms with Crippen LogP contribution in [0.25, 0.3) is 0 Å². The largest absolute Gasteiger partial charge is 0.481 e. The molecular formula is C20H30O5. The second-order valence-electron chi connectivity index (χ2n) is 6.65. The number of allylic oxidation sites excluding steroid dienone is 1. The number of ketones is 1. The molecule has 0 aromatic carbocycles. The molecule has 3 N–H and O–H groups in total. The van der Waals surface area contributed by atoms with Crippen LogP contribution in [0.3, 0.4) is 0 Å². The van der Waals surface area contributed by atoms with E-state index < -0.39 is 18.2 Å². The zero-order chi connectivity index (χ0) is 18.7. The van der Waals surface area contributed by atoms with Crippen molar-refractivity contribution in [2.24, 2.45) is 0 Å². The van der Waals surface area contributed by atoms with Crippen molar-refractivity contribution >= 4 is 11.8 Å². The van der Waals surface area contributed by atoms with Gasteiger partial charge in [0.1, 0.15) is 0 Å². The van der Waals surface area contributed by atoms with Crippen molar-refractivity contribution in [2.45, 2.75) is 89.8 Å². The number of unbranched alkanes of at least 4 members (excludes halogenated alkanes) is 4. The predicted molar refractivity (Wildman–Crippen MR) is 95.9 cm³/mol. The molecule has 1 aliphatic rings. The van der Waals surface area contributed by atoms with Gasteiger partial charge in [0, 0.05) is 30.4 Å². The standard InChI is InChI=1S/C20H30O5/c1-2-3-9-15(21)10-8-12-17-16(18(22)14-19(17)23)11-6-4-5-7-13-20(24)25/h15,19,21,23H,2-7,9-11,13-14H2,1H3,(H,24,25)/t15-,19?/m1/s1. The number of aliphatic carboxylic acids is 1. The normalized spacial score (nSPS) is 18.2. The maximum Gasteiger partial charge on any atom is 0.303 e. The van der Waals surface area contributed by atoms with E-state index in [1.165, 1.54) is 0 Å². The van der Waals surface area contributed by atoms with Gasteiger partial charge in [0.25, 0.3) is 0 Å². The smallest absolute Gasteiger partial charge is 0.303 e. The summed E-state index contributed by atoms with van der Waals surface area (Å²) < 4.78 is 0. The Bertz CT molecular complexity index is 538. The highest BCUT2D eigenvalue weighted by atomic mass is 16.4. The summed E-state index contributed by atoms with van der Waals surface area (Å²) in [5.41, 5.74) is 1.12. The van der Waals surface area contributed by atoms with Crippen LogP contribution in [0.15, 0.2) is 11.1 Å². The number of Topliss-reactive ketones (excluding diaryl/α,β-unsaturated/α-hetero) is 1. The van der Waals surface area contributed by atoms with Crippen molar-refractivity contribution in [3.05, 3.63) is 11.1 Å². The highest BCUT2D eigenvalue weighted by Crippen LogP contribution is 2.27. The summed E-state index contributed by atoms with van der Waals surface area (Å²) >= 11 is 0. The monoisotopic (exact) mass is 350 g/mol. The minimum absolute atomic E-state index is 0.0473. The molecule has 0 fully saturated rings. The minimum atomic E-state index is -0.824. The van der Waals surface area contributed by atoms with Gasteiger partial charge in [-0.3, -0.25) is 9.59 Å². The Morgan fingerprint density at radius 2 is 1.96 bits per heavy atom. The number of hydrogen-bond acceptors (Lipinski definition) is 4. The van der Waals surface area contributed by atoms with Gasteiger partial charge in [-0.15, -0.1) is 0 Å². The molecule has 1 aliphatic carbocycles. The van der Waals surface area contributed by atoms with E-state index >= 15 is 0 Å². The molecule has 25 heavy (non-hydrogen) atoms. The van der Waals surface area contributed by atoms with Crippen molar-refractivity contribution in [3.8, 4) is 11.8 Å². The maximum absolute atomic E-state index is 12.0. The van der Waals surface area contributed by atoms with E-state index in [0.717, 1.165) is 38.5 Å². The number of aliphatic hydroxyl groups is 2. The first-order valence-corrected chi connectivity index (χ1v) is 9.28. The molecule has 0 aromatic heterocycles. The average molecular weight is 350 g/mol. The molecule has 5 nitrogen and oxygen atoms in total. The zero-order valence-electron chi connectivity index (χ0n) is 15.1. The minimum Gasteiger partial charge on any atom is -0.481 e. The van der Waals surface area contributed by atoms with Gasteiger partial charge >= 0.3 is 5.97 Å². The second-order valence-corrected chi connectivity index (χ2v) is 6.65. The van der Waals surface area contributed by atoms with Crippen LogP contribution in [0.2, 0.25) is 0 Å². The molecule has 0 spiro atoms. The molecule has 0 amide bonds. The first kappa shape index (κ1) is 21.4. The van der Waals surface area contributed by atoms with E-state index in [4.69, 9.17) is 5.11 Å². The summed E-state index contributed by atoms with van der Waals surface area (Å²) in [5.74, 6) is 4.98. The quantitative estimate of drug-likeness (QED) is 0.393. The van der Waals surface area contributed by atoms with E-state index in [-0.39, 0.29) is 18.6 Å². The first-order valence-electron chi connectivity index (χ1n) is 9.28. The van der Waals surface area contributed by atoms with Gasteiger partial charge in [0.05, 0.1) is 12.2 Å². The third-order valence-electron chi connectivity index (χ3n) is 4.39. The van der Waals surface area contributed by atoms with Crippen molar-refractivity contribution in [1.82, 2.24) is 0 Å². The zero-order valence-corrected chi connectivity index (χ0v) is 15.1. The lowest BCUT2D eigenvalue weighted by molar-refractivity contribution is -0.137. The van der Waals surface area contributed by atoms with Gasteiger partial charge in [-0.2, -0.15) is 0 Å². The Balaban J connectivity index is 2.51. The SMILES string of the molecule is CCCC[C@@H](O)CC#CC1=C(CCCCCCC(=O)O)C(=O)CC1O.